The molecule has 40 heavy (non-hydrogen) atoms. The van der Waals surface area contributed by atoms with Gasteiger partial charge in [-0.25, -0.2) is 0 Å². The Balaban J connectivity index is 1.72. The van der Waals surface area contributed by atoms with Crippen molar-refractivity contribution in [1.82, 2.24) is 0 Å². The Hall–Kier alpha value is -2.88. The van der Waals surface area contributed by atoms with Crippen molar-refractivity contribution >= 4 is 0 Å². The van der Waals surface area contributed by atoms with Gasteiger partial charge in [0, 0.05) is 18.4 Å². The third kappa shape index (κ3) is 5.64. The molecule has 2 saturated heterocycles. The number of phenols is 2. The molecule has 13 nitrogen and oxygen atoms in total. The molecule has 0 spiro atoms. The van der Waals surface area contributed by atoms with Gasteiger partial charge in [-0.3, -0.25) is 0 Å². The standard InChI is InChI=1S/C27H36O13/c1-35-17-6-12(4-5-16(17)30)26(40-27-24(34)23(33)22(32)20(10-29)39-27)15-11-38-25(14(15)9-28)13-7-18(36-2)21(31)19(8-13)37-3/h4-8,14-15,20,22-34H,9-11H2,1-3H3/t14-,15+,20+,22+,23-,24+,25+,26+,27-/m0/s1. The van der Waals surface area contributed by atoms with Gasteiger partial charge >= 0.3 is 0 Å². The van der Waals surface area contributed by atoms with Crippen molar-refractivity contribution in [2.45, 2.75) is 42.9 Å². The molecule has 2 aliphatic rings. The summed E-state index contributed by atoms with van der Waals surface area (Å²) in [6.07, 6.45) is -9.24. The van der Waals surface area contributed by atoms with E-state index in [2.05, 4.69) is 0 Å². The Morgan fingerprint density at radius 2 is 1.50 bits per heavy atom. The number of methoxy groups -OCH3 is 3. The zero-order valence-corrected chi connectivity index (χ0v) is 22.3. The first-order chi connectivity index (χ1) is 19.2. The number of rotatable bonds is 10. The summed E-state index contributed by atoms with van der Waals surface area (Å²) >= 11 is 0. The molecule has 0 aromatic heterocycles. The largest absolute Gasteiger partial charge is 0.504 e. The summed E-state index contributed by atoms with van der Waals surface area (Å²) in [6.45, 7) is -0.932. The van der Waals surface area contributed by atoms with Gasteiger partial charge in [-0.2, -0.15) is 0 Å². The molecule has 2 aromatic carbocycles. The Kier molecular flexibility index (Phi) is 9.59. The van der Waals surface area contributed by atoms with Crippen LogP contribution >= 0.6 is 0 Å². The van der Waals surface area contributed by atoms with Crippen LogP contribution < -0.4 is 14.2 Å². The van der Waals surface area contributed by atoms with Gasteiger partial charge in [0.05, 0.1) is 46.8 Å². The van der Waals surface area contributed by atoms with Crippen LogP contribution in [-0.2, 0) is 14.2 Å². The van der Waals surface area contributed by atoms with E-state index in [1.165, 1.54) is 33.5 Å². The molecule has 0 saturated carbocycles. The lowest BCUT2D eigenvalue weighted by molar-refractivity contribution is -0.317. The van der Waals surface area contributed by atoms with Gasteiger partial charge in [-0.15, -0.1) is 0 Å². The van der Waals surface area contributed by atoms with Crippen molar-refractivity contribution < 1.29 is 64.2 Å². The average molecular weight is 569 g/mol. The van der Waals surface area contributed by atoms with Crippen LogP contribution in [0.5, 0.6) is 28.7 Å². The maximum Gasteiger partial charge on any atom is 0.200 e. The summed E-state index contributed by atoms with van der Waals surface area (Å²) < 4.78 is 33.7. The maximum absolute atomic E-state index is 10.7. The monoisotopic (exact) mass is 568 g/mol. The second-order valence-corrected chi connectivity index (χ2v) is 9.72. The van der Waals surface area contributed by atoms with Crippen molar-refractivity contribution in [1.29, 1.82) is 0 Å². The van der Waals surface area contributed by atoms with Crippen LogP contribution in [0.4, 0.5) is 0 Å². The minimum atomic E-state index is -1.67. The first-order valence-corrected chi connectivity index (χ1v) is 12.7. The second-order valence-electron chi connectivity index (χ2n) is 9.72. The molecule has 13 heteroatoms. The van der Waals surface area contributed by atoms with E-state index in [0.29, 0.717) is 11.1 Å². The third-order valence-corrected chi connectivity index (χ3v) is 7.50. The van der Waals surface area contributed by atoms with Crippen LogP contribution in [0.15, 0.2) is 30.3 Å². The molecule has 2 aliphatic heterocycles. The Morgan fingerprint density at radius 3 is 2.08 bits per heavy atom. The molecule has 4 rings (SSSR count). The summed E-state index contributed by atoms with van der Waals surface area (Å²) in [5.74, 6) is -1.06. The number of benzene rings is 2. The van der Waals surface area contributed by atoms with Gasteiger partial charge in [-0.05, 0) is 35.4 Å². The Bertz CT molecular complexity index is 1120. The minimum absolute atomic E-state index is 0.0622. The van der Waals surface area contributed by atoms with Crippen LogP contribution in [0, 0.1) is 11.8 Å². The zero-order chi connectivity index (χ0) is 29.1. The summed E-state index contributed by atoms with van der Waals surface area (Å²) in [6, 6.07) is 7.64. The number of hydrogen-bond donors (Lipinski definition) is 7. The smallest absolute Gasteiger partial charge is 0.200 e. The summed E-state index contributed by atoms with van der Waals surface area (Å²) in [5.41, 5.74) is 1.03. The molecule has 0 bridgehead atoms. The van der Waals surface area contributed by atoms with Crippen LogP contribution in [0.2, 0.25) is 0 Å². The lowest BCUT2D eigenvalue weighted by Gasteiger charge is -2.42. The van der Waals surface area contributed by atoms with Crippen LogP contribution in [0.25, 0.3) is 0 Å². The number of aliphatic hydroxyl groups is 5. The molecule has 2 fully saturated rings. The predicted octanol–water partition coefficient (Wildman–Crippen LogP) is -0.0226. The number of aliphatic hydroxyl groups excluding tert-OH is 5. The predicted molar refractivity (Wildman–Crippen MR) is 136 cm³/mol. The van der Waals surface area contributed by atoms with E-state index < -0.39 is 61.4 Å². The highest BCUT2D eigenvalue weighted by molar-refractivity contribution is 5.53. The van der Waals surface area contributed by atoms with Gasteiger partial charge in [0.2, 0.25) is 5.75 Å². The average Bonchev–Trinajstić information content (AvgIpc) is 3.40. The van der Waals surface area contributed by atoms with E-state index >= 15 is 0 Å². The molecule has 0 amide bonds. The molecule has 0 radical (unpaired) electrons. The van der Waals surface area contributed by atoms with Crippen molar-refractivity contribution in [2.24, 2.45) is 11.8 Å². The topological polar surface area (TPSA) is 197 Å². The van der Waals surface area contributed by atoms with Crippen molar-refractivity contribution in [2.75, 3.05) is 41.2 Å². The number of ether oxygens (including phenoxy) is 6. The van der Waals surface area contributed by atoms with E-state index in [-0.39, 0.29) is 42.0 Å². The van der Waals surface area contributed by atoms with E-state index in [1.54, 1.807) is 18.2 Å². The van der Waals surface area contributed by atoms with Gasteiger partial charge in [-0.1, -0.05) is 6.07 Å². The molecule has 7 N–H and O–H groups in total. The van der Waals surface area contributed by atoms with Crippen molar-refractivity contribution in [3.8, 4) is 28.7 Å². The van der Waals surface area contributed by atoms with Gasteiger partial charge in [0.1, 0.15) is 24.4 Å². The molecular weight excluding hydrogens is 532 g/mol. The quantitative estimate of drug-likeness (QED) is 0.202. The highest BCUT2D eigenvalue weighted by atomic mass is 16.7. The van der Waals surface area contributed by atoms with Gasteiger partial charge in [0.25, 0.3) is 0 Å². The van der Waals surface area contributed by atoms with Crippen LogP contribution in [0.1, 0.15) is 23.3 Å². The fourth-order valence-electron chi connectivity index (χ4n) is 5.27. The van der Waals surface area contributed by atoms with Crippen LogP contribution in [0.3, 0.4) is 0 Å². The first-order valence-electron chi connectivity index (χ1n) is 12.7. The normalized spacial score (nSPS) is 31.1. The zero-order valence-electron chi connectivity index (χ0n) is 22.3. The lowest BCUT2D eigenvalue weighted by Crippen LogP contribution is -2.59. The van der Waals surface area contributed by atoms with E-state index in [0.717, 1.165) is 0 Å². The van der Waals surface area contributed by atoms with Gasteiger partial charge < -0.3 is 64.2 Å². The summed E-state index contributed by atoms with van der Waals surface area (Å²) in [5, 5.41) is 71.8. The summed E-state index contributed by atoms with van der Waals surface area (Å²) in [4.78, 5) is 0. The molecular formula is C27H36O13. The Labute approximate surface area is 230 Å². The van der Waals surface area contributed by atoms with Crippen LogP contribution in [-0.4, -0.2) is 108 Å². The van der Waals surface area contributed by atoms with Gasteiger partial charge in [0.15, 0.2) is 29.3 Å². The SMILES string of the molecule is COc1cc([C@@H](O[C@@H]2O[C@H](CO)[C@@H](O)[C@H](O)[C@H]2O)[C@@H]2CO[C@H](c3cc(OC)c(O)c(OC)c3)[C@H]2CO)ccc1O. The van der Waals surface area contributed by atoms with E-state index in [1.807, 2.05) is 0 Å². The molecule has 9 atom stereocenters. The third-order valence-electron chi connectivity index (χ3n) is 7.50. The van der Waals surface area contributed by atoms with E-state index in [9.17, 15) is 35.7 Å². The first kappa shape index (κ1) is 30.1. The maximum atomic E-state index is 10.7. The fourth-order valence-corrected chi connectivity index (χ4v) is 5.27. The number of phenolic OH excluding ortho intramolecular Hbond substituents is 2. The lowest BCUT2D eigenvalue weighted by atomic mass is 9.82. The highest BCUT2D eigenvalue weighted by Crippen LogP contribution is 2.49. The fraction of sp³-hybridized carbons (Fsp3) is 0.556. The van der Waals surface area contributed by atoms with Crippen molar-refractivity contribution in [3.05, 3.63) is 41.5 Å². The number of aromatic hydroxyl groups is 2. The molecule has 222 valence electrons. The molecule has 0 aliphatic carbocycles. The molecule has 2 aromatic rings. The highest BCUT2D eigenvalue weighted by Gasteiger charge is 2.49. The molecule has 0 unspecified atom stereocenters. The van der Waals surface area contributed by atoms with E-state index in [4.69, 9.17) is 28.4 Å². The van der Waals surface area contributed by atoms with Crippen molar-refractivity contribution in [3.63, 3.8) is 0 Å². The minimum Gasteiger partial charge on any atom is -0.504 e. The Morgan fingerprint density at radius 1 is 0.850 bits per heavy atom. The molecule has 2 heterocycles. The number of hydrogen-bond acceptors (Lipinski definition) is 13. The summed E-state index contributed by atoms with van der Waals surface area (Å²) in [7, 11) is 4.16. The second kappa shape index (κ2) is 12.7.